The Morgan fingerprint density at radius 1 is 0.829 bits per heavy atom. The maximum Gasteiger partial charge on any atom is 0.264 e. The molecule has 0 heterocycles. The molecule has 0 spiro atoms. The van der Waals surface area contributed by atoms with E-state index in [9.17, 15) is 22.4 Å². The van der Waals surface area contributed by atoms with Crippen LogP contribution in [-0.2, 0) is 32.6 Å². The first-order valence-corrected chi connectivity index (χ1v) is 15.3. The Hall–Kier alpha value is -3.77. The van der Waals surface area contributed by atoms with Gasteiger partial charge in [0.05, 0.1) is 10.6 Å². The van der Waals surface area contributed by atoms with Gasteiger partial charge in [-0.25, -0.2) is 12.8 Å². The van der Waals surface area contributed by atoms with Crippen LogP contribution >= 0.6 is 22.6 Å². The van der Waals surface area contributed by atoms with Crippen molar-refractivity contribution in [3.63, 3.8) is 0 Å². The number of sulfonamides is 1. The second-order valence-electron chi connectivity index (χ2n) is 9.27. The van der Waals surface area contributed by atoms with Crippen molar-refractivity contribution in [2.75, 3.05) is 17.9 Å². The average Bonchev–Trinajstić information content (AvgIpc) is 2.99. The summed E-state index contributed by atoms with van der Waals surface area (Å²) >= 11 is 2.12. The number of nitrogens with zero attached hydrogens (tertiary/aromatic N) is 2. The molecule has 212 valence electrons. The second-order valence-corrected chi connectivity index (χ2v) is 12.4. The minimum absolute atomic E-state index is 0.0311. The van der Waals surface area contributed by atoms with Crippen LogP contribution in [0, 0.1) is 9.39 Å². The lowest BCUT2D eigenvalue weighted by atomic mass is 10.0. The molecule has 0 aliphatic carbocycles. The van der Waals surface area contributed by atoms with Gasteiger partial charge in [-0.15, -0.1) is 0 Å². The van der Waals surface area contributed by atoms with Gasteiger partial charge in [-0.3, -0.25) is 13.9 Å². The van der Waals surface area contributed by atoms with Crippen molar-refractivity contribution in [2.24, 2.45) is 0 Å². The number of rotatable bonds is 11. The zero-order chi connectivity index (χ0) is 29.4. The first-order valence-electron chi connectivity index (χ1n) is 12.8. The van der Waals surface area contributed by atoms with Crippen molar-refractivity contribution >= 4 is 50.1 Å². The molecule has 0 aliphatic heterocycles. The molecule has 0 bridgehead atoms. The number of anilines is 1. The predicted molar refractivity (Wildman–Crippen MR) is 165 cm³/mol. The Labute approximate surface area is 253 Å². The van der Waals surface area contributed by atoms with E-state index in [0.29, 0.717) is 11.3 Å². The van der Waals surface area contributed by atoms with Crippen LogP contribution in [0.1, 0.15) is 11.1 Å². The topological polar surface area (TPSA) is 86.8 Å². The van der Waals surface area contributed by atoms with E-state index in [-0.39, 0.29) is 17.9 Å². The number of amides is 2. The summed E-state index contributed by atoms with van der Waals surface area (Å²) in [7, 11) is -2.67. The Balaban J connectivity index is 1.77. The highest BCUT2D eigenvalue weighted by molar-refractivity contribution is 14.1. The summed E-state index contributed by atoms with van der Waals surface area (Å²) in [6.45, 7) is -0.586. The Kier molecular flexibility index (Phi) is 10.1. The van der Waals surface area contributed by atoms with Crippen molar-refractivity contribution in [2.45, 2.75) is 23.9 Å². The predicted octanol–water partition coefficient (Wildman–Crippen LogP) is 5.01. The highest BCUT2D eigenvalue weighted by Crippen LogP contribution is 2.26. The maximum atomic E-state index is 14.2. The number of nitrogens with one attached hydrogen (secondary N) is 1. The lowest BCUT2D eigenvalue weighted by Gasteiger charge is -2.33. The molecular weight excluding hydrogens is 656 g/mol. The minimum atomic E-state index is -4.15. The van der Waals surface area contributed by atoms with Gasteiger partial charge in [0.2, 0.25) is 11.8 Å². The molecule has 0 aliphatic rings. The molecule has 4 aromatic rings. The highest BCUT2D eigenvalue weighted by Gasteiger charge is 2.34. The molecule has 10 heteroatoms. The number of halogens is 2. The van der Waals surface area contributed by atoms with Crippen molar-refractivity contribution in [1.82, 2.24) is 10.2 Å². The lowest BCUT2D eigenvalue weighted by Crippen LogP contribution is -2.53. The summed E-state index contributed by atoms with van der Waals surface area (Å²) in [4.78, 5) is 28.8. The van der Waals surface area contributed by atoms with Gasteiger partial charge in [0, 0.05) is 23.6 Å². The van der Waals surface area contributed by atoms with E-state index in [0.717, 1.165) is 13.4 Å². The summed E-state index contributed by atoms with van der Waals surface area (Å²) in [6, 6.07) is 28.6. The van der Waals surface area contributed by atoms with Crippen LogP contribution in [-0.4, -0.2) is 44.8 Å². The third kappa shape index (κ3) is 7.70. The van der Waals surface area contributed by atoms with Gasteiger partial charge in [0.1, 0.15) is 18.4 Å². The van der Waals surface area contributed by atoms with Crippen LogP contribution in [0.4, 0.5) is 10.1 Å². The van der Waals surface area contributed by atoms with Crippen LogP contribution < -0.4 is 9.62 Å². The zero-order valence-electron chi connectivity index (χ0n) is 22.3. The maximum absolute atomic E-state index is 14.2. The van der Waals surface area contributed by atoms with Gasteiger partial charge in [0.15, 0.2) is 0 Å². The van der Waals surface area contributed by atoms with Crippen LogP contribution in [0.2, 0.25) is 0 Å². The van der Waals surface area contributed by atoms with E-state index < -0.39 is 40.2 Å². The molecule has 1 atom stereocenters. The van der Waals surface area contributed by atoms with Crippen LogP contribution in [0.25, 0.3) is 0 Å². The number of hydrogen-bond acceptors (Lipinski definition) is 4. The molecule has 0 fully saturated rings. The molecule has 2 amide bonds. The van der Waals surface area contributed by atoms with Crippen LogP contribution in [0.15, 0.2) is 114 Å². The molecule has 0 radical (unpaired) electrons. The number of benzene rings is 4. The molecule has 4 rings (SSSR count). The molecule has 0 saturated heterocycles. The molecule has 1 unspecified atom stereocenters. The number of likely N-dealkylation sites (N-methyl/N-ethyl adjacent to an activating group) is 1. The summed E-state index contributed by atoms with van der Waals surface area (Å²) < 4.78 is 43.3. The standard InChI is InChI=1S/C31H29FIN3O4S/c1-34-31(38)29(20-23-8-4-2-5-9-23)35(21-24-12-14-25(32)15-13-24)30(37)22-36(27-18-16-26(33)17-19-27)41(39,40)28-10-6-3-7-11-28/h2-19,29H,20-22H2,1H3,(H,34,38). The molecule has 4 aromatic carbocycles. The number of carbonyl (C=O) groups excluding carboxylic acids is 2. The van der Waals surface area contributed by atoms with E-state index >= 15 is 0 Å². The van der Waals surface area contributed by atoms with Crippen molar-refractivity contribution in [3.8, 4) is 0 Å². The van der Waals surface area contributed by atoms with Gasteiger partial charge in [-0.2, -0.15) is 0 Å². The SMILES string of the molecule is CNC(=O)C(Cc1ccccc1)N(Cc1ccc(F)cc1)C(=O)CN(c1ccc(I)cc1)S(=O)(=O)c1ccccc1. The fourth-order valence-corrected chi connectivity index (χ4v) is 6.16. The van der Waals surface area contributed by atoms with E-state index in [1.54, 1.807) is 42.5 Å². The first kappa shape index (κ1) is 30.2. The summed E-state index contributed by atoms with van der Waals surface area (Å²) in [6.07, 6.45) is 0.197. The van der Waals surface area contributed by atoms with Gasteiger partial charge in [-0.05, 0) is 82.2 Å². The molecule has 41 heavy (non-hydrogen) atoms. The molecule has 0 saturated carbocycles. The van der Waals surface area contributed by atoms with E-state index in [1.165, 1.54) is 48.3 Å². The fraction of sp³-hybridized carbons (Fsp3) is 0.161. The number of carbonyl (C=O) groups is 2. The van der Waals surface area contributed by atoms with Crippen LogP contribution in [0.5, 0.6) is 0 Å². The molecule has 7 nitrogen and oxygen atoms in total. The summed E-state index contributed by atoms with van der Waals surface area (Å²) in [5, 5.41) is 2.64. The lowest BCUT2D eigenvalue weighted by molar-refractivity contribution is -0.139. The second kappa shape index (κ2) is 13.7. The quantitative estimate of drug-likeness (QED) is 0.225. The molecular formula is C31H29FIN3O4S. The van der Waals surface area contributed by atoms with Crippen molar-refractivity contribution in [1.29, 1.82) is 0 Å². The normalized spacial score (nSPS) is 11.9. The largest absolute Gasteiger partial charge is 0.357 e. The monoisotopic (exact) mass is 685 g/mol. The third-order valence-corrected chi connectivity index (χ3v) is 9.02. The summed E-state index contributed by atoms with van der Waals surface area (Å²) in [5.74, 6) is -1.43. The molecule has 0 aromatic heterocycles. The van der Waals surface area contributed by atoms with Gasteiger partial charge < -0.3 is 10.2 Å². The fourth-order valence-electron chi connectivity index (χ4n) is 4.36. The van der Waals surface area contributed by atoms with Gasteiger partial charge in [0.25, 0.3) is 10.0 Å². The minimum Gasteiger partial charge on any atom is -0.357 e. The van der Waals surface area contributed by atoms with Crippen LogP contribution in [0.3, 0.4) is 0 Å². The van der Waals surface area contributed by atoms with Crippen molar-refractivity contribution in [3.05, 3.63) is 130 Å². The third-order valence-electron chi connectivity index (χ3n) is 6.51. The van der Waals surface area contributed by atoms with E-state index in [2.05, 4.69) is 27.9 Å². The van der Waals surface area contributed by atoms with E-state index in [4.69, 9.17) is 0 Å². The molecule has 1 N–H and O–H groups in total. The Morgan fingerprint density at radius 2 is 1.41 bits per heavy atom. The average molecular weight is 686 g/mol. The van der Waals surface area contributed by atoms with Crippen molar-refractivity contribution < 1.29 is 22.4 Å². The number of hydrogen-bond donors (Lipinski definition) is 1. The van der Waals surface area contributed by atoms with E-state index in [1.807, 2.05) is 30.3 Å². The Morgan fingerprint density at radius 3 is 2.00 bits per heavy atom. The van der Waals surface area contributed by atoms with Gasteiger partial charge in [-0.1, -0.05) is 60.7 Å². The Bertz CT molecular complexity index is 1570. The van der Waals surface area contributed by atoms with Gasteiger partial charge >= 0.3 is 0 Å². The highest BCUT2D eigenvalue weighted by atomic mass is 127. The summed E-state index contributed by atoms with van der Waals surface area (Å²) in [5.41, 5.74) is 1.72. The zero-order valence-corrected chi connectivity index (χ0v) is 25.3. The first-order chi connectivity index (χ1) is 19.7. The smallest absolute Gasteiger partial charge is 0.264 e.